The zero-order chi connectivity index (χ0) is 16.7. The van der Waals surface area contributed by atoms with Crippen molar-refractivity contribution in [3.63, 3.8) is 0 Å². The minimum Gasteiger partial charge on any atom is -0.406 e. The summed E-state index contributed by atoms with van der Waals surface area (Å²) < 4.78 is 45.2. The summed E-state index contributed by atoms with van der Waals surface area (Å²) >= 11 is 0. The van der Waals surface area contributed by atoms with Gasteiger partial charge in [0.25, 0.3) is 0 Å². The maximum atomic E-state index is 12.1. The second kappa shape index (κ2) is 7.99. The molecule has 23 heavy (non-hydrogen) atoms. The summed E-state index contributed by atoms with van der Waals surface area (Å²) in [5, 5.41) is 3.25. The topological polar surface area (TPSA) is 30.5 Å². The molecule has 2 aromatic carbocycles. The van der Waals surface area contributed by atoms with E-state index in [2.05, 4.69) is 16.1 Å². The van der Waals surface area contributed by atoms with Gasteiger partial charge in [-0.1, -0.05) is 36.4 Å². The van der Waals surface area contributed by atoms with Gasteiger partial charge in [-0.3, -0.25) is 0 Å². The molecule has 0 amide bonds. The highest BCUT2D eigenvalue weighted by molar-refractivity contribution is 5.27. The van der Waals surface area contributed by atoms with E-state index in [0.717, 1.165) is 16.7 Å². The van der Waals surface area contributed by atoms with Crippen LogP contribution in [0.3, 0.4) is 0 Å². The van der Waals surface area contributed by atoms with Crippen LogP contribution in [0, 0.1) is 0 Å². The predicted molar refractivity (Wildman–Crippen MR) is 80.8 cm³/mol. The smallest absolute Gasteiger partial charge is 0.406 e. The van der Waals surface area contributed by atoms with Gasteiger partial charge in [-0.25, -0.2) is 0 Å². The van der Waals surface area contributed by atoms with Gasteiger partial charge in [-0.15, -0.1) is 13.2 Å². The highest BCUT2D eigenvalue weighted by Gasteiger charge is 2.30. The quantitative estimate of drug-likeness (QED) is 0.834. The standard InChI is InChI=1S/C17H18F3NO2/c1-22-12-15-4-2-3-14(9-15)11-21-10-13-5-7-16(8-6-13)23-17(18,19)20/h2-9,21H,10-12H2,1H3. The van der Waals surface area contributed by atoms with Crippen LogP contribution in [0.2, 0.25) is 0 Å². The van der Waals surface area contributed by atoms with Crippen LogP contribution >= 0.6 is 0 Å². The van der Waals surface area contributed by atoms with Crippen LogP contribution in [0.25, 0.3) is 0 Å². The summed E-state index contributed by atoms with van der Waals surface area (Å²) in [6, 6.07) is 13.8. The average Bonchev–Trinajstić information content (AvgIpc) is 2.48. The van der Waals surface area contributed by atoms with Crippen molar-refractivity contribution in [1.82, 2.24) is 5.32 Å². The van der Waals surface area contributed by atoms with Gasteiger partial charge in [-0.2, -0.15) is 0 Å². The largest absolute Gasteiger partial charge is 0.573 e. The van der Waals surface area contributed by atoms with Crippen LogP contribution in [0.15, 0.2) is 48.5 Å². The number of methoxy groups -OCH3 is 1. The number of hydrogen-bond donors (Lipinski definition) is 1. The van der Waals surface area contributed by atoms with Crippen LogP contribution in [-0.2, 0) is 24.4 Å². The minimum atomic E-state index is -4.66. The molecule has 0 fully saturated rings. The lowest BCUT2D eigenvalue weighted by Crippen LogP contribution is -2.17. The van der Waals surface area contributed by atoms with Gasteiger partial charge >= 0.3 is 6.36 Å². The summed E-state index contributed by atoms with van der Waals surface area (Å²) in [5.41, 5.74) is 3.10. The van der Waals surface area contributed by atoms with Crippen molar-refractivity contribution in [1.29, 1.82) is 0 Å². The van der Waals surface area contributed by atoms with Crippen molar-refractivity contribution in [3.05, 3.63) is 65.2 Å². The Hall–Kier alpha value is -2.05. The molecule has 0 saturated carbocycles. The third kappa shape index (κ3) is 6.30. The predicted octanol–water partition coefficient (Wildman–Crippen LogP) is 4.02. The minimum absolute atomic E-state index is 0.214. The van der Waals surface area contributed by atoms with Crippen molar-refractivity contribution < 1.29 is 22.6 Å². The van der Waals surface area contributed by atoms with Crippen LogP contribution in [0.1, 0.15) is 16.7 Å². The number of halogens is 3. The van der Waals surface area contributed by atoms with E-state index in [9.17, 15) is 13.2 Å². The monoisotopic (exact) mass is 325 g/mol. The first-order valence-corrected chi connectivity index (χ1v) is 7.08. The number of alkyl halides is 3. The molecule has 2 rings (SSSR count). The molecule has 0 bridgehead atoms. The van der Waals surface area contributed by atoms with Crippen LogP contribution in [0.5, 0.6) is 5.75 Å². The second-order valence-corrected chi connectivity index (χ2v) is 5.05. The number of benzene rings is 2. The van der Waals surface area contributed by atoms with Crippen LogP contribution in [0.4, 0.5) is 13.2 Å². The summed E-state index contributed by atoms with van der Waals surface area (Å²) in [5.74, 6) is -0.214. The van der Waals surface area contributed by atoms with E-state index >= 15 is 0 Å². The first-order chi connectivity index (χ1) is 11.0. The molecular formula is C17H18F3NO2. The molecule has 0 aliphatic heterocycles. The normalized spacial score (nSPS) is 11.5. The van der Waals surface area contributed by atoms with Crippen molar-refractivity contribution in [2.75, 3.05) is 7.11 Å². The lowest BCUT2D eigenvalue weighted by Gasteiger charge is -2.10. The first kappa shape index (κ1) is 17.3. The van der Waals surface area contributed by atoms with Crippen molar-refractivity contribution in [2.24, 2.45) is 0 Å². The molecule has 124 valence electrons. The SMILES string of the molecule is COCc1cccc(CNCc2ccc(OC(F)(F)F)cc2)c1. The molecule has 2 aromatic rings. The van der Waals surface area contributed by atoms with Gasteiger partial charge in [0.15, 0.2) is 0 Å². The number of nitrogens with one attached hydrogen (secondary N) is 1. The van der Waals surface area contributed by atoms with Crippen LogP contribution in [-0.4, -0.2) is 13.5 Å². The zero-order valence-electron chi connectivity index (χ0n) is 12.7. The van der Waals surface area contributed by atoms with Crippen molar-refractivity contribution >= 4 is 0 Å². The zero-order valence-corrected chi connectivity index (χ0v) is 12.7. The van der Waals surface area contributed by atoms with E-state index in [1.807, 2.05) is 18.2 Å². The van der Waals surface area contributed by atoms with E-state index in [1.165, 1.54) is 12.1 Å². The molecule has 6 heteroatoms. The highest BCUT2D eigenvalue weighted by Crippen LogP contribution is 2.22. The second-order valence-electron chi connectivity index (χ2n) is 5.05. The molecule has 0 radical (unpaired) electrons. The Kier molecular flexibility index (Phi) is 6.01. The van der Waals surface area contributed by atoms with Gasteiger partial charge in [0.2, 0.25) is 0 Å². The van der Waals surface area contributed by atoms with Gasteiger partial charge in [0.05, 0.1) is 6.61 Å². The van der Waals surface area contributed by atoms with E-state index in [-0.39, 0.29) is 5.75 Å². The van der Waals surface area contributed by atoms with E-state index in [0.29, 0.717) is 19.7 Å². The molecule has 0 saturated heterocycles. The lowest BCUT2D eigenvalue weighted by atomic mass is 10.1. The fraction of sp³-hybridized carbons (Fsp3) is 0.294. The van der Waals surface area contributed by atoms with Crippen LogP contribution < -0.4 is 10.1 Å². The molecule has 0 atom stereocenters. The molecule has 0 spiro atoms. The Balaban J connectivity index is 1.83. The fourth-order valence-electron chi connectivity index (χ4n) is 2.16. The third-order valence-electron chi connectivity index (χ3n) is 3.12. The molecular weight excluding hydrogens is 307 g/mol. The average molecular weight is 325 g/mol. The lowest BCUT2D eigenvalue weighted by molar-refractivity contribution is -0.274. The highest BCUT2D eigenvalue weighted by atomic mass is 19.4. The Morgan fingerprint density at radius 1 is 0.913 bits per heavy atom. The molecule has 0 heterocycles. The van der Waals surface area contributed by atoms with Gasteiger partial charge in [0.1, 0.15) is 5.75 Å². The number of hydrogen-bond acceptors (Lipinski definition) is 3. The Labute approximate surface area is 133 Å². The maximum absolute atomic E-state index is 12.1. The van der Waals surface area contributed by atoms with E-state index in [4.69, 9.17) is 4.74 Å². The summed E-state index contributed by atoms with van der Waals surface area (Å²) in [7, 11) is 1.65. The molecule has 0 aliphatic rings. The molecule has 0 unspecified atom stereocenters. The Morgan fingerprint density at radius 3 is 2.22 bits per heavy atom. The third-order valence-corrected chi connectivity index (χ3v) is 3.12. The number of rotatable bonds is 7. The van der Waals surface area contributed by atoms with E-state index < -0.39 is 6.36 Å². The summed E-state index contributed by atoms with van der Waals surface area (Å²) in [6.45, 7) is 1.79. The molecule has 0 aliphatic carbocycles. The molecule has 1 N–H and O–H groups in total. The fourth-order valence-corrected chi connectivity index (χ4v) is 2.16. The van der Waals surface area contributed by atoms with Crippen molar-refractivity contribution in [3.8, 4) is 5.75 Å². The number of ether oxygens (including phenoxy) is 2. The molecule has 3 nitrogen and oxygen atoms in total. The molecule has 0 aromatic heterocycles. The summed E-state index contributed by atoms with van der Waals surface area (Å²) in [6.07, 6.45) is -4.66. The maximum Gasteiger partial charge on any atom is 0.573 e. The van der Waals surface area contributed by atoms with Gasteiger partial charge in [-0.05, 0) is 28.8 Å². The first-order valence-electron chi connectivity index (χ1n) is 7.08. The van der Waals surface area contributed by atoms with Gasteiger partial charge < -0.3 is 14.8 Å². The van der Waals surface area contributed by atoms with Gasteiger partial charge in [0, 0.05) is 20.2 Å². The Morgan fingerprint density at radius 2 is 1.57 bits per heavy atom. The van der Waals surface area contributed by atoms with Crippen molar-refractivity contribution in [2.45, 2.75) is 26.1 Å². The Bertz CT molecular complexity index is 612. The summed E-state index contributed by atoms with van der Waals surface area (Å²) in [4.78, 5) is 0. The van der Waals surface area contributed by atoms with E-state index in [1.54, 1.807) is 19.2 Å².